The number of benzene rings is 1. The van der Waals surface area contributed by atoms with Crippen LogP contribution >= 0.6 is 0 Å². The number of nitrogens with zero attached hydrogens (tertiary/aromatic N) is 3. The third-order valence-corrected chi connectivity index (χ3v) is 6.29. The maximum atomic E-state index is 14.2. The van der Waals surface area contributed by atoms with Gasteiger partial charge >= 0.3 is 6.18 Å². The van der Waals surface area contributed by atoms with Crippen LogP contribution in [0, 0.1) is 23.1 Å². The zero-order valence-corrected chi connectivity index (χ0v) is 17.4. The van der Waals surface area contributed by atoms with Crippen molar-refractivity contribution in [1.29, 1.82) is 5.26 Å². The number of halogens is 4. The van der Waals surface area contributed by atoms with Crippen LogP contribution in [0.3, 0.4) is 0 Å². The molecule has 0 aromatic heterocycles. The Morgan fingerprint density at radius 1 is 1.13 bits per heavy atom. The lowest BCUT2D eigenvalue weighted by Gasteiger charge is -2.37. The molecule has 1 aliphatic heterocycles. The Kier molecular flexibility index (Phi) is 7.76. The Bertz CT molecular complexity index is 792. The summed E-state index contributed by atoms with van der Waals surface area (Å²) in [6, 6.07) is 4.75. The number of rotatable bonds is 6. The SMILES string of the molecule is N#CCC(=O)N[C@H]1CC[C@H](CCN2CCN(c3ccc(C(F)(F)F)cc3F)CC2)CC1. The summed E-state index contributed by atoms with van der Waals surface area (Å²) in [4.78, 5) is 15.6. The Morgan fingerprint density at radius 3 is 2.39 bits per heavy atom. The quantitative estimate of drug-likeness (QED) is 0.681. The minimum absolute atomic E-state index is 0.0950. The van der Waals surface area contributed by atoms with Gasteiger partial charge in [-0.15, -0.1) is 0 Å². The van der Waals surface area contributed by atoms with Crippen LogP contribution in [-0.2, 0) is 11.0 Å². The second-order valence-electron chi connectivity index (χ2n) is 8.40. The largest absolute Gasteiger partial charge is 0.416 e. The van der Waals surface area contributed by atoms with Crippen molar-refractivity contribution in [2.75, 3.05) is 37.6 Å². The fraction of sp³-hybridized carbons (Fsp3) is 0.636. The van der Waals surface area contributed by atoms with Gasteiger partial charge in [-0.1, -0.05) is 0 Å². The second-order valence-corrected chi connectivity index (χ2v) is 8.40. The molecule has 9 heteroatoms. The molecule has 31 heavy (non-hydrogen) atoms. The van der Waals surface area contributed by atoms with Crippen molar-refractivity contribution < 1.29 is 22.4 Å². The predicted molar refractivity (Wildman–Crippen MR) is 109 cm³/mol. The van der Waals surface area contributed by atoms with E-state index in [-0.39, 0.29) is 24.1 Å². The molecule has 0 bridgehead atoms. The number of hydrogen-bond donors (Lipinski definition) is 1. The van der Waals surface area contributed by atoms with Crippen molar-refractivity contribution in [2.45, 2.75) is 50.7 Å². The average molecular weight is 440 g/mol. The summed E-state index contributed by atoms with van der Waals surface area (Å²) in [7, 11) is 0. The highest BCUT2D eigenvalue weighted by Gasteiger charge is 2.32. The van der Waals surface area contributed by atoms with Gasteiger partial charge < -0.3 is 10.2 Å². The van der Waals surface area contributed by atoms with Gasteiger partial charge in [-0.25, -0.2) is 4.39 Å². The van der Waals surface area contributed by atoms with Gasteiger partial charge in [0.15, 0.2) is 0 Å². The maximum Gasteiger partial charge on any atom is 0.416 e. The van der Waals surface area contributed by atoms with E-state index in [9.17, 15) is 22.4 Å². The van der Waals surface area contributed by atoms with Crippen molar-refractivity contribution in [1.82, 2.24) is 10.2 Å². The number of carbonyl (C=O) groups excluding carboxylic acids is 1. The van der Waals surface area contributed by atoms with Crippen LogP contribution in [0.2, 0.25) is 0 Å². The van der Waals surface area contributed by atoms with E-state index in [1.807, 2.05) is 6.07 Å². The zero-order chi connectivity index (χ0) is 22.4. The average Bonchev–Trinajstić information content (AvgIpc) is 2.73. The number of carbonyl (C=O) groups is 1. The Balaban J connectivity index is 1.39. The first kappa shape index (κ1) is 23.3. The van der Waals surface area contributed by atoms with Crippen LogP contribution < -0.4 is 10.2 Å². The van der Waals surface area contributed by atoms with Crippen LogP contribution in [0.25, 0.3) is 0 Å². The standard InChI is InChI=1S/C22H28F4N4O/c23-19-15-17(22(24,25)26)3-6-20(19)30-13-11-29(12-14-30)10-8-16-1-4-18(5-2-16)28-21(31)7-9-27/h3,6,15-16,18H,1-2,4-5,7-8,10-14H2,(H,28,31)/t16-,18-. The Morgan fingerprint density at radius 2 is 1.81 bits per heavy atom. The van der Waals surface area contributed by atoms with E-state index in [0.29, 0.717) is 25.1 Å². The summed E-state index contributed by atoms with van der Waals surface area (Å²) in [5, 5.41) is 11.5. The fourth-order valence-electron chi connectivity index (χ4n) is 4.46. The van der Waals surface area contributed by atoms with Crippen molar-refractivity contribution in [3.8, 4) is 6.07 Å². The summed E-state index contributed by atoms with van der Waals surface area (Å²) >= 11 is 0. The van der Waals surface area contributed by atoms with Gasteiger partial charge in [0.1, 0.15) is 12.2 Å². The van der Waals surface area contributed by atoms with Crippen molar-refractivity contribution >= 4 is 11.6 Å². The molecule has 1 amide bonds. The zero-order valence-electron chi connectivity index (χ0n) is 17.4. The van der Waals surface area contributed by atoms with E-state index in [4.69, 9.17) is 5.26 Å². The van der Waals surface area contributed by atoms with Gasteiger partial charge in [0.25, 0.3) is 0 Å². The number of alkyl halides is 3. The molecule has 1 aromatic carbocycles. The first-order valence-electron chi connectivity index (χ1n) is 10.8. The van der Waals surface area contributed by atoms with Gasteiger partial charge in [-0.3, -0.25) is 9.69 Å². The number of hydrogen-bond acceptors (Lipinski definition) is 4. The highest BCUT2D eigenvalue weighted by Crippen LogP contribution is 2.33. The summed E-state index contributed by atoms with van der Waals surface area (Å²) in [6.45, 7) is 3.61. The third kappa shape index (κ3) is 6.57. The summed E-state index contributed by atoms with van der Waals surface area (Å²) < 4.78 is 52.4. The monoisotopic (exact) mass is 440 g/mol. The first-order chi connectivity index (χ1) is 14.8. The molecule has 1 saturated heterocycles. The van der Waals surface area contributed by atoms with Gasteiger partial charge in [0.05, 0.1) is 17.3 Å². The molecule has 0 radical (unpaired) electrons. The molecule has 1 aromatic rings. The maximum absolute atomic E-state index is 14.2. The molecular weight excluding hydrogens is 412 g/mol. The number of anilines is 1. The van der Waals surface area contributed by atoms with Gasteiger partial charge in [-0.2, -0.15) is 18.4 Å². The summed E-state index contributed by atoms with van der Waals surface area (Å²) in [5.74, 6) is -0.426. The van der Waals surface area contributed by atoms with Gasteiger partial charge in [0, 0.05) is 32.2 Å². The van der Waals surface area contributed by atoms with Crippen LogP contribution in [0.4, 0.5) is 23.2 Å². The smallest absolute Gasteiger partial charge is 0.367 e. The van der Waals surface area contributed by atoms with E-state index in [1.54, 1.807) is 4.90 Å². The highest BCUT2D eigenvalue weighted by atomic mass is 19.4. The minimum Gasteiger partial charge on any atom is -0.367 e. The van der Waals surface area contributed by atoms with Crippen LogP contribution in [0.5, 0.6) is 0 Å². The lowest BCUT2D eigenvalue weighted by Crippen LogP contribution is -2.47. The van der Waals surface area contributed by atoms with E-state index in [2.05, 4.69) is 10.2 Å². The molecule has 5 nitrogen and oxygen atoms in total. The number of amides is 1. The topological polar surface area (TPSA) is 59.4 Å². The third-order valence-electron chi connectivity index (χ3n) is 6.29. The van der Waals surface area contributed by atoms with E-state index < -0.39 is 17.6 Å². The molecule has 1 saturated carbocycles. The number of piperazine rings is 1. The Labute approximate surface area is 180 Å². The lowest BCUT2D eigenvalue weighted by atomic mass is 9.84. The van der Waals surface area contributed by atoms with Crippen molar-refractivity contribution in [3.05, 3.63) is 29.6 Å². The fourth-order valence-corrected chi connectivity index (χ4v) is 4.46. The van der Waals surface area contributed by atoms with E-state index >= 15 is 0 Å². The number of nitriles is 1. The van der Waals surface area contributed by atoms with Gasteiger partial charge in [0.2, 0.25) is 5.91 Å². The molecule has 2 fully saturated rings. The Hall–Kier alpha value is -2.34. The summed E-state index contributed by atoms with van der Waals surface area (Å²) in [6.07, 6.45) is 0.392. The first-order valence-corrected chi connectivity index (χ1v) is 10.8. The molecule has 1 N–H and O–H groups in total. The van der Waals surface area contributed by atoms with Crippen molar-refractivity contribution in [2.24, 2.45) is 5.92 Å². The van der Waals surface area contributed by atoms with Crippen LogP contribution in [0.15, 0.2) is 18.2 Å². The molecule has 1 heterocycles. The molecular formula is C22H28F4N4O. The minimum atomic E-state index is -4.54. The number of nitrogens with one attached hydrogen (secondary N) is 1. The molecule has 0 atom stereocenters. The van der Waals surface area contributed by atoms with E-state index in [1.165, 1.54) is 6.07 Å². The molecule has 170 valence electrons. The van der Waals surface area contributed by atoms with Crippen molar-refractivity contribution in [3.63, 3.8) is 0 Å². The summed E-state index contributed by atoms with van der Waals surface area (Å²) in [5.41, 5.74) is -0.740. The van der Waals surface area contributed by atoms with Crippen LogP contribution in [0.1, 0.15) is 44.1 Å². The molecule has 3 rings (SSSR count). The molecule has 0 spiro atoms. The van der Waals surface area contributed by atoms with E-state index in [0.717, 1.165) is 57.8 Å². The highest BCUT2D eigenvalue weighted by molar-refractivity contribution is 5.78. The normalized spacial score (nSPS) is 22.7. The molecule has 1 aliphatic carbocycles. The van der Waals surface area contributed by atoms with Gasteiger partial charge in [-0.05, 0) is 62.8 Å². The predicted octanol–water partition coefficient (Wildman–Crippen LogP) is 3.95. The second kappa shape index (κ2) is 10.3. The molecule has 0 unspecified atom stereocenters. The lowest BCUT2D eigenvalue weighted by molar-refractivity contribution is -0.137. The molecule has 2 aliphatic rings. The van der Waals surface area contributed by atoms with Crippen LogP contribution in [-0.4, -0.2) is 49.6 Å².